The third-order valence-corrected chi connectivity index (χ3v) is 2.35. The Hall–Kier alpha value is -2.69. The van der Waals surface area contributed by atoms with E-state index in [-0.39, 0.29) is 22.7 Å². The Kier molecular flexibility index (Phi) is 3.05. The topological polar surface area (TPSA) is 89.8 Å². The van der Waals surface area contributed by atoms with Gasteiger partial charge < -0.3 is 20.6 Å². The fraction of sp³-hybridized carbons (Fsp3) is 0. The monoisotopic (exact) mass is 244 g/mol. The van der Waals surface area contributed by atoms with Crippen LogP contribution < -0.4 is 5.32 Å². The van der Waals surface area contributed by atoms with Gasteiger partial charge >= 0.3 is 0 Å². The quantitative estimate of drug-likeness (QED) is 0.607. The molecular weight excluding hydrogens is 234 g/mol. The number of hydrogen-bond acceptors (Lipinski definition) is 4. The van der Waals surface area contributed by atoms with Gasteiger partial charge in [-0.1, -0.05) is 12.1 Å². The highest BCUT2D eigenvalue weighted by atomic mass is 16.3. The van der Waals surface area contributed by atoms with Gasteiger partial charge in [-0.25, -0.2) is 0 Å². The summed E-state index contributed by atoms with van der Waals surface area (Å²) < 4.78 is 0. The van der Waals surface area contributed by atoms with Crippen molar-refractivity contribution in [1.82, 2.24) is 0 Å². The van der Waals surface area contributed by atoms with Gasteiger partial charge in [-0.2, -0.15) is 0 Å². The zero-order valence-corrected chi connectivity index (χ0v) is 9.21. The van der Waals surface area contributed by atoms with E-state index in [0.717, 1.165) is 0 Å². The van der Waals surface area contributed by atoms with E-state index >= 15 is 0 Å². The Balaban J connectivity index is 2.27. The third kappa shape index (κ3) is 2.20. The summed E-state index contributed by atoms with van der Waals surface area (Å²) in [4.78, 5) is 11.8. The van der Waals surface area contributed by atoms with Gasteiger partial charge in [0.2, 0.25) is 0 Å². The Morgan fingerprint density at radius 1 is 1.11 bits per heavy atom. The molecule has 1 amide bonds. The molecule has 18 heavy (non-hydrogen) atoms. The fourth-order valence-electron chi connectivity index (χ4n) is 1.43. The number of nitrogens with one attached hydrogen (secondary N) is 1. The molecule has 2 rings (SSSR count). The van der Waals surface area contributed by atoms with Crippen molar-refractivity contribution >= 4 is 11.6 Å². The first-order valence-corrected chi connectivity index (χ1v) is 5.11. The smallest absolute Gasteiger partial charge is 0.259 e. The van der Waals surface area contributed by atoms with Crippen LogP contribution >= 0.6 is 0 Å². The first kappa shape index (κ1) is 11.8. The van der Waals surface area contributed by atoms with Crippen molar-refractivity contribution in [3.63, 3.8) is 0 Å². The molecule has 0 aliphatic carbocycles. The SMILES string of the molecule is O=C(Nc1cccc(O)c1O)c1c[c]ccc1O. The molecule has 1 radical (unpaired) electrons. The van der Waals surface area contributed by atoms with Crippen LogP contribution in [0.2, 0.25) is 0 Å². The number of anilines is 1. The van der Waals surface area contributed by atoms with Crippen molar-refractivity contribution in [3.05, 3.63) is 48.0 Å². The van der Waals surface area contributed by atoms with Gasteiger partial charge in [-0.3, -0.25) is 4.79 Å². The maximum Gasteiger partial charge on any atom is 0.259 e. The largest absolute Gasteiger partial charge is 0.507 e. The third-order valence-electron chi connectivity index (χ3n) is 2.35. The molecule has 0 aliphatic rings. The summed E-state index contributed by atoms with van der Waals surface area (Å²) in [5, 5.41) is 30.7. The lowest BCUT2D eigenvalue weighted by molar-refractivity contribution is 0.102. The molecule has 0 aromatic heterocycles. The van der Waals surface area contributed by atoms with Crippen LogP contribution in [0.5, 0.6) is 17.2 Å². The molecule has 0 atom stereocenters. The van der Waals surface area contributed by atoms with Crippen LogP contribution in [0.25, 0.3) is 0 Å². The number of para-hydroxylation sites is 1. The van der Waals surface area contributed by atoms with E-state index in [1.165, 1.54) is 36.4 Å². The molecule has 0 fully saturated rings. The molecule has 0 bridgehead atoms. The highest BCUT2D eigenvalue weighted by Gasteiger charge is 2.13. The second-order valence-corrected chi connectivity index (χ2v) is 3.57. The van der Waals surface area contributed by atoms with Crippen molar-refractivity contribution in [2.24, 2.45) is 0 Å². The Morgan fingerprint density at radius 3 is 2.61 bits per heavy atom. The molecule has 5 nitrogen and oxygen atoms in total. The number of amides is 1. The molecule has 0 heterocycles. The number of benzene rings is 2. The van der Waals surface area contributed by atoms with Gasteiger partial charge in [0.15, 0.2) is 11.5 Å². The predicted molar refractivity (Wildman–Crippen MR) is 64.7 cm³/mol. The number of carbonyl (C=O) groups excluding carboxylic acids is 1. The Bertz CT molecular complexity index is 595. The molecule has 0 unspecified atom stereocenters. The molecule has 4 N–H and O–H groups in total. The number of phenolic OH excluding ortho intramolecular Hbond substituents is 3. The van der Waals surface area contributed by atoms with E-state index in [1.54, 1.807) is 0 Å². The number of aromatic hydroxyl groups is 3. The van der Waals surface area contributed by atoms with Gasteiger partial charge in [0.1, 0.15) is 5.75 Å². The molecule has 5 heteroatoms. The molecule has 0 aliphatic heterocycles. The second kappa shape index (κ2) is 4.67. The zero-order valence-electron chi connectivity index (χ0n) is 9.21. The van der Waals surface area contributed by atoms with Crippen LogP contribution in [0.3, 0.4) is 0 Å². The highest BCUT2D eigenvalue weighted by Crippen LogP contribution is 2.33. The first-order valence-electron chi connectivity index (χ1n) is 5.11. The van der Waals surface area contributed by atoms with Crippen molar-refractivity contribution < 1.29 is 20.1 Å². The van der Waals surface area contributed by atoms with E-state index in [0.29, 0.717) is 0 Å². The van der Waals surface area contributed by atoms with Crippen LogP contribution in [0.1, 0.15) is 10.4 Å². The minimum atomic E-state index is -0.606. The number of hydrogen-bond donors (Lipinski definition) is 4. The molecule has 2 aromatic carbocycles. The molecule has 2 aromatic rings. The zero-order chi connectivity index (χ0) is 13.1. The lowest BCUT2D eigenvalue weighted by Gasteiger charge is -2.08. The molecular formula is C13H10NO4. The number of rotatable bonds is 2. The first-order chi connectivity index (χ1) is 8.59. The lowest BCUT2D eigenvalue weighted by atomic mass is 10.2. The van der Waals surface area contributed by atoms with Gasteiger partial charge in [-0.05, 0) is 30.3 Å². The Morgan fingerprint density at radius 2 is 1.89 bits per heavy atom. The van der Waals surface area contributed by atoms with Crippen LogP contribution in [-0.2, 0) is 0 Å². The van der Waals surface area contributed by atoms with Crippen LogP contribution in [-0.4, -0.2) is 21.2 Å². The maximum atomic E-state index is 11.8. The van der Waals surface area contributed by atoms with Crippen molar-refractivity contribution in [2.75, 3.05) is 5.32 Å². The normalized spacial score (nSPS) is 10.0. The van der Waals surface area contributed by atoms with Crippen molar-refractivity contribution in [2.45, 2.75) is 0 Å². The molecule has 0 saturated heterocycles. The van der Waals surface area contributed by atoms with E-state index < -0.39 is 11.7 Å². The molecule has 0 spiro atoms. The summed E-state index contributed by atoms with van der Waals surface area (Å²) in [7, 11) is 0. The molecule has 91 valence electrons. The van der Waals surface area contributed by atoms with Crippen LogP contribution in [0.15, 0.2) is 36.4 Å². The minimum Gasteiger partial charge on any atom is -0.507 e. The molecule has 0 saturated carbocycles. The average Bonchev–Trinajstić information content (AvgIpc) is 2.35. The van der Waals surface area contributed by atoms with Crippen LogP contribution in [0, 0.1) is 6.07 Å². The van der Waals surface area contributed by atoms with Gasteiger partial charge in [0, 0.05) is 0 Å². The lowest BCUT2D eigenvalue weighted by Crippen LogP contribution is -2.12. The predicted octanol–water partition coefficient (Wildman–Crippen LogP) is 1.86. The van der Waals surface area contributed by atoms with E-state index in [1.807, 2.05) is 0 Å². The average molecular weight is 244 g/mol. The van der Waals surface area contributed by atoms with Crippen LogP contribution in [0.4, 0.5) is 5.69 Å². The second-order valence-electron chi connectivity index (χ2n) is 3.57. The van der Waals surface area contributed by atoms with Crippen molar-refractivity contribution in [1.29, 1.82) is 0 Å². The summed E-state index contributed by atoms with van der Waals surface area (Å²) in [5.41, 5.74) is 0.0866. The summed E-state index contributed by atoms with van der Waals surface area (Å²) >= 11 is 0. The van der Waals surface area contributed by atoms with Gasteiger partial charge in [-0.15, -0.1) is 0 Å². The highest BCUT2D eigenvalue weighted by molar-refractivity contribution is 6.06. The standard InChI is InChI=1S/C13H10NO4/c15-10-6-2-1-4-8(10)13(18)14-9-5-3-7-11(16)12(9)17/h2-7,15-17H,(H,14,18). The maximum absolute atomic E-state index is 11.8. The summed E-state index contributed by atoms with van der Waals surface area (Å²) in [6.45, 7) is 0. The summed E-state index contributed by atoms with van der Waals surface area (Å²) in [6.07, 6.45) is 0. The van der Waals surface area contributed by atoms with E-state index in [4.69, 9.17) is 0 Å². The van der Waals surface area contributed by atoms with Gasteiger partial charge in [0.05, 0.1) is 11.3 Å². The summed E-state index contributed by atoms with van der Waals surface area (Å²) in [6, 6.07) is 11.0. The minimum absolute atomic E-state index is 0.0280. The summed E-state index contributed by atoms with van der Waals surface area (Å²) in [5.74, 6) is -1.56. The fourth-order valence-corrected chi connectivity index (χ4v) is 1.43. The number of phenols is 3. The van der Waals surface area contributed by atoms with E-state index in [9.17, 15) is 20.1 Å². The van der Waals surface area contributed by atoms with Gasteiger partial charge in [0.25, 0.3) is 5.91 Å². The van der Waals surface area contributed by atoms with E-state index in [2.05, 4.69) is 11.4 Å². The Labute approximate surface area is 103 Å². The van der Waals surface area contributed by atoms with Crippen molar-refractivity contribution in [3.8, 4) is 17.2 Å². The number of carbonyl (C=O) groups is 1.